The molecule has 0 radical (unpaired) electrons. The minimum absolute atomic E-state index is 0.209. The maximum absolute atomic E-state index is 9.53. The topological polar surface area (TPSA) is 77.4 Å². The molecule has 2 aliphatic heterocycles. The van der Waals surface area contributed by atoms with E-state index in [9.17, 15) is 10.2 Å². The van der Waals surface area contributed by atoms with Gasteiger partial charge in [0.15, 0.2) is 35.2 Å². The quantitative estimate of drug-likeness (QED) is 0.864. The molecule has 0 amide bonds. The number of rotatable bonds is 3. The van der Waals surface area contributed by atoms with Crippen LogP contribution in [-0.2, 0) is 0 Å². The molecular weight excluding hydrogens is 352 g/mol. The van der Waals surface area contributed by atoms with E-state index < -0.39 is 12.2 Å². The van der Waals surface area contributed by atoms with Crippen molar-refractivity contribution in [2.45, 2.75) is 26.1 Å². The number of hydrogen-bond donors (Lipinski definition) is 2. The summed E-state index contributed by atoms with van der Waals surface area (Å²) in [6.07, 6.45) is -1.16. The van der Waals surface area contributed by atoms with Crippen molar-refractivity contribution in [3.05, 3.63) is 9.75 Å². The molecule has 8 heteroatoms. The van der Waals surface area contributed by atoms with Crippen molar-refractivity contribution in [2.75, 3.05) is 26.4 Å². The summed E-state index contributed by atoms with van der Waals surface area (Å²) in [5.41, 5.74) is 0. The van der Waals surface area contributed by atoms with Crippen LogP contribution in [0.2, 0.25) is 0 Å². The Morgan fingerprint density at radius 2 is 1.29 bits per heavy atom. The number of hydrogen-bond acceptors (Lipinski definition) is 8. The van der Waals surface area contributed by atoms with Gasteiger partial charge in [-0.3, -0.25) is 0 Å². The third-order valence-electron chi connectivity index (χ3n) is 4.07. The molecular formula is C16H18O6S2. The van der Waals surface area contributed by atoms with E-state index in [-0.39, 0.29) is 13.2 Å². The van der Waals surface area contributed by atoms with Crippen LogP contribution in [0.3, 0.4) is 0 Å². The smallest absolute Gasteiger partial charge is 0.181 e. The summed E-state index contributed by atoms with van der Waals surface area (Å²) >= 11 is 3.15. The highest BCUT2D eigenvalue weighted by Crippen LogP contribution is 2.57. The first-order chi connectivity index (χ1) is 11.6. The van der Waals surface area contributed by atoms with Gasteiger partial charge in [0.05, 0.1) is 23.0 Å². The standard InChI is InChI=1S/C16H18O6S2/c1-7-11-13(20-4-3-19-11)15(23-7)16-14-12(8(2)24-16)21-9(5-17)10(6-18)22-14/h9-10,17-18H,3-6H2,1-2H3. The first-order valence-electron chi connectivity index (χ1n) is 7.71. The molecule has 0 spiro atoms. The molecule has 2 aliphatic rings. The summed E-state index contributed by atoms with van der Waals surface area (Å²) in [5, 5.41) is 19.0. The molecule has 0 saturated carbocycles. The lowest BCUT2D eigenvalue weighted by Crippen LogP contribution is -2.44. The third-order valence-corrected chi connectivity index (χ3v) is 6.37. The van der Waals surface area contributed by atoms with Gasteiger partial charge in [0.1, 0.15) is 13.2 Å². The highest BCUT2D eigenvalue weighted by molar-refractivity contribution is 7.23. The predicted octanol–water partition coefficient (Wildman–Crippen LogP) is 2.36. The fraction of sp³-hybridized carbons (Fsp3) is 0.500. The van der Waals surface area contributed by atoms with Crippen LogP contribution in [0.4, 0.5) is 0 Å². The van der Waals surface area contributed by atoms with Gasteiger partial charge in [-0.15, -0.1) is 22.7 Å². The highest BCUT2D eigenvalue weighted by atomic mass is 32.1. The van der Waals surface area contributed by atoms with Gasteiger partial charge in [-0.25, -0.2) is 0 Å². The molecule has 2 unspecified atom stereocenters. The van der Waals surface area contributed by atoms with Crippen molar-refractivity contribution in [3.63, 3.8) is 0 Å². The Hall–Kier alpha value is -1.48. The van der Waals surface area contributed by atoms with Crippen LogP contribution < -0.4 is 18.9 Å². The molecule has 0 aliphatic carbocycles. The zero-order chi connectivity index (χ0) is 16.8. The van der Waals surface area contributed by atoms with Crippen molar-refractivity contribution in [1.29, 1.82) is 0 Å². The van der Waals surface area contributed by atoms with Crippen molar-refractivity contribution in [1.82, 2.24) is 0 Å². The van der Waals surface area contributed by atoms with E-state index >= 15 is 0 Å². The Kier molecular flexibility index (Phi) is 4.07. The van der Waals surface area contributed by atoms with E-state index in [0.717, 1.165) is 31.0 Å². The van der Waals surface area contributed by atoms with E-state index in [1.807, 2.05) is 13.8 Å². The Morgan fingerprint density at radius 1 is 0.792 bits per heavy atom. The molecule has 0 bridgehead atoms. The average Bonchev–Trinajstić information content (AvgIpc) is 3.11. The first-order valence-corrected chi connectivity index (χ1v) is 9.35. The SMILES string of the molecule is Cc1sc(-c2sc(C)c3c2OC(CO)C(CO)O3)c2c1OCCO2. The van der Waals surface area contributed by atoms with Crippen LogP contribution in [0.5, 0.6) is 23.0 Å². The first kappa shape index (κ1) is 16.0. The van der Waals surface area contributed by atoms with Gasteiger partial charge in [0.2, 0.25) is 0 Å². The van der Waals surface area contributed by atoms with E-state index in [1.165, 1.54) is 0 Å². The summed E-state index contributed by atoms with van der Waals surface area (Å²) in [7, 11) is 0. The maximum atomic E-state index is 9.53. The van der Waals surface area contributed by atoms with Crippen molar-refractivity contribution in [3.8, 4) is 32.8 Å². The molecule has 2 atom stereocenters. The Morgan fingerprint density at radius 3 is 1.92 bits per heavy atom. The Bertz CT molecular complexity index is 765. The molecule has 4 heterocycles. The second-order valence-electron chi connectivity index (χ2n) is 5.67. The fourth-order valence-electron chi connectivity index (χ4n) is 2.91. The summed E-state index contributed by atoms with van der Waals surface area (Å²) < 4.78 is 23.4. The minimum atomic E-state index is -0.593. The lowest BCUT2D eigenvalue weighted by Gasteiger charge is -2.31. The van der Waals surface area contributed by atoms with Gasteiger partial charge in [-0.1, -0.05) is 0 Å². The zero-order valence-corrected chi connectivity index (χ0v) is 15.0. The van der Waals surface area contributed by atoms with Crippen LogP contribution >= 0.6 is 22.7 Å². The van der Waals surface area contributed by atoms with Crippen LogP contribution in [0.1, 0.15) is 9.75 Å². The number of aryl methyl sites for hydroxylation is 2. The van der Waals surface area contributed by atoms with Crippen LogP contribution in [0, 0.1) is 13.8 Å². The van der Waals surface area contributed by atoms with Crippen LogP contribution in [0.25, 0.3) is 9.75 Å². The predicted molar refractivity (Wildman–Crippen MR) is 91.1 cm³/mol. The summed E-state index contributed by atoms with van der Waals surface area (Å²) in [6, 6.07) is 0. The van der Waals surface area contributed by atoms with Crippen LogP contribution in [-0.4, -0.2) is 48.8 Å². The van der Waals surface area contributed by atoms with E-state index in [2.05, 4.69) is 0 Å². The molecule has 2 aromatic heterocycles. The summed E-state index contributed by atoms with van der Waals surface area (Å²) in [5.74, 6) is 2.79. The molecule has 0 saturated heterocycles. The van der Waals surface area contributed by atoms with E-state index in [0.29, 0.717) is 24.7 Å². The highest BCUT2D eigenvalue weighted by Gasteiger charge is 2.37. The second-order valence-corrected chi connectivity index (χ2v) is 8.12. The number of ether oxygens (including phenoxy) is 4. The number of aliphatic hydroxyl groups excluding tert-OH is 2. The molecule has 2 aromatic rings. The van der Waals surface area contributed by atoms with Crippen molar-refractivity contribution in [2.24, 2.45) is 0 Å². The molecule has 2 N–H and O–H groups in total. The summed E-state index contributed by atoms with van der Waals surface area (Å²) in [4.78, 5) is 3.89. The van der Waals surface area contributed by atoms with Gasteiger partial charge >= 0.3 is 0 Å². The number of fused-ring (bicyclic) bond motifs is 2. The fourth-order valence-corrected chi connectivity index (χ4v) is 5.10. The van der Waals surface area contributed by atoms with Gasteiger partial charge in [-0.05, 0) is 13.8 Å². The van der Waals surface area contributed by atoms with E-state index in [1.54, 1.807) is 22.7 Å². The van der Waals surface area contributed by atoms with Crippen molar-refractivity contribution >= 4 is 22.7 Å². The summed E-state index contributed by atoms with van der Waals surface area (Å²) in [6.45, 7) is 4.60. The minimum Gasteiger partial charge on any atom is -0.485 e. The molecule has 4 rings (SSSR count). The van der Waals surface area contributed by atoms with Crippen molar-refractivity contribution < 1.29 is 29.2 Å². The maximum Gasteiger partial charge on any atom is 0.181 e. The Labute approximate surface area is 147 Å². The van der Waals surface area contributed by atoms with Gasteiger partial charge in [-0.2, -0.15) is 0 Å². The average molecular weight is 370 g/mol. The Balaban J connectivity index is 1.82. The van der Waals surface area contributed by atoms with Crippen LogP contribution in [0.15, 0.2) is 0 Å². The zero-order valence-electron chi connectivity index (χ0n) is 13.3. The van der Waals surface area contributed by atoms with Gasteiger partial charge in [0.25, 0.3) is 0 Å². The van der Waals surface area contributed by atoms with E-state index in [4.69, 9.17) is 18.9 Å². The third kappa shape index (κ3) is 2.36. The molecule has 0 fully saturated rings. The normalized spacial score (nSPS) is 21.8. The lowest BCUT2D eigenvalue weighted by molar-refractivity contribution is -0.0342. The molecule has 6 nitrogen and oxygen atoms in total. The lowest BCUT2D eigenvalue weighted by atomic mass is 10.2. The molecule has 0 aromatic carbocycles. The largest absolute Gasteiger partial charge is 0.485 e. The van der Waals surface area contributed by atoms with Gasteiger partial charge in [0, 0.05) is 9.75 Å². The number of aliphatic hydroxyl groups is 2. The molecule has 130 valence electrons. The molecule has 24 heavy (non-hydrogen) atoms. The number of thiophene rings is 2. The second kappa shape index (κ2) is 6.11. The van der Waals surface area contributed by atoms with Gasteiger partial charge < -0.3 is 29.2 Å². The monoisotopic (exact) mass is 370 g/mol.